The van der Waals surface area contributed by atoms with Crippen LogP contribution in [0.15, 0.2) is 24.3 Å². The summed E-state index contributed by atoms with van der Waals surface area (Å²) in [6.07, 6.45) is -0.298. The molecule has 0 aliphatic rings. The van der Waals surface area contributed by atoms with Crippen molar-refractivity contribution in [1.82, 2.24) is 4.98 Å². The maximum atomic E-state index is 13.0. The lowest BCUT2D eigenvalue weighted by Crippen LogP contribution is -2.22. The molecular weight excluding hydrogens is 321 g/mol. The van der Waals surface area contributed by atoms with Gasteiger partial charge in [-0.25, -0.2) is 9.37 Å². The number of hydrogen-bond donors (Lipinski definition) is 2. The number of anilines is 1. The zero-order valence-electron chi connectivity index (χ0n) is 12.0. The van der Waals surface area contributed by atoms with Gasteiger partial charge < -0.3 is 10.4 Å². The lowest BCUT2D eigenvalue weighted by molar-refractivity contribution is -0.139. The molecule has 1 aromatic carbocycles. The van der Waals surface area contributed by atoms with Gasteiger partial charge in [-0.1, -0.05) is 18.3 Å². The van der Waals surface area contributed by atoms with E-state index in [1.807, 2.05) is 6.07 Å². The summed E-state index contributed by atoms with van der Waals surface area (Å²) in [5.41, 5.74) is 0.900. The van der Waals surface area contributed by atoms with Gasteiger partial charge in [0, 0.05) is 11.5 Å². The summed E-state index contributed by atoms with van der Waals surface area (Å²) in [4.78, 5) is 27.0. The topological polar surface area (TPSA) is 103 Å². The molecule has 8 heteroatoms. The maximum absolute atomic E-state index is 13.0. The molecule has 1 heterocycles. The van der Waals surface area contributed by atoms with E-state index in [1.165, 1.54) is 31.2 Å². The van der Waals surface area contributed by atoms with E-state index in [4.69, 9.17) is 10.4 Å². The number of carbonyl (C=O) groups is 2. The summed E-state index contributed by atoms with van der Waals surface area (Å²) in [6.45, 7) is 1.49. The molecule has 0 bridgehead atoms. The van der Waals surface area contributed by atoms with Crippen molar-refractivity contribution in [2.45, 2.75) is 13.3 Å². The standard InChI is InChI=1S/C15H12FN3O3S/c1-8(6-12(20)21)14(22)19-15-18-13(11(7-17)23-15)9-2-4-10(16)5-3-9/h2-5,8H,6H2,1H3,(H,20,21)(H,18,19,22)/t8-/m0/s1. The first-order chi connectivity index (χ1) is 10.9. The number of nitriles is 1. The Hall–Kier alpha value is -2.79. The molecule has 2 rings (SSSR count). The number of halogens is 1. The lowest BCUT2D eigenvalue weighted by atomic mass is 10.1. The molecule has 0 saturated carbocycles. The van der Waals surface area contributed by atoms with Crippen molar-refractivity contribution < 1.29 is 19.1 Å². The lowest BCUT2D eigenvalue weighted by Gasteiger charge is -2.07. The molecule has 23 heavy (non-hydrogen) atoms. The van der Waals surface area contributed by atoms with Crippen LogP contribution >= 0.6 is 11.3 Å². The molecule has 6 nitrogen and oxygen atoms in total. The first kappa shape index (κ1) is 16.6. The zero-order valence-corrected chi connectivity index (χ0v) is 12.9. The summed E-state index contributed by atoms with van der Waals surface area (Å²) in [7, 11) is 0. The number of amides is 1. The maximum Gasteiger partial charge on any atom is 0.304 e. The molecule has 0 aliphatic heterocycles. The van der Waals surface area contributed by atoms with Gasteiger partial charge in [-0.2, -0.15) is 5.26 Å². The van der Waals surface area contributed by atoms with Gasteiger partial charge in [0.05, 0.1) is 6.42 Å². The van der Waals surface area contributed by atoms with E-state index in [9.17, 15) is 14.0 Å². The Bertz CT molecular complexity index is 780. The van der Waals surface area contributed by atoms with Crippen LogP contribution in [0.25, 0.3) is 11.3 Å². The molecule has 0 unspecified atom stereocenters. The Labute approximate surface area is 135 Å². The fourth-order valence-electron chi connectivity index (χ4n) is 1.84. The average Bonchev–Trinajstić information content (AvgIpc) is 2.90. The third-order valence-electron chi connectivity index (χ3n) is 3.00. The van der Waals surface area contributed by atoms with Crippen molar-refractivity contribution in [1.29, 1.82) is 5.26 Å². The fourth-order valence-corrected chi connectivity index (χ4v) is 2.62. The van der Waals surface area contributed by atoms with E-state index in [0.29, 0.717) is 11.3 Å². The highest BCUT2D eigenvalue weighted by molar-refractivity contribution is 7.16. The summed E-state index contributed by atoms with van der Waals surface area (Å²) < 4.78 is 13.0. The average molecular weight is 333 g/mol. The molecule has 0 radical (unpaired) electrons. The van der Waals surface area contributed by atoms with Crippen LogP contribution in [-0.4, -0.2) is 22.0 Å². The summed E-state index contributed by atoms with van der Waals surface area (Å²) in [5.74, 6) is -2.69. The zero-order chi connectivity index (χ0) is 17.0. The third kappa shape index (κ3) is 4.11. The van der Waals surface area contributed by atoms with Crippen LogP contribution < -0.4 is 5.32 Å². The number of hydrogen-bond acceptors (Lipinski definition) is 5. The molecule has 118 valence electrons. The summed E-state index contributed by atoms with van der Waals surface area (Å²) >= 11 is 0.978. The molecular formula is C15H12FN3O3S. The Morgan fingerprint density at radius 3 is 2.65 bits per heavy atom. The van der Waals surface area contributed by atoms with E-state index in [0.717, 1.165) is 11.3 Å². The Balaban J connectivity index is 2.22. The van der Waals surface area contributed by atoms with Gasteiger partial charge >= 0.3 is 5.97 Å². The van der Waals surface area contributed by atoms with Crippen molar-refractivity contribution in [2.24, 2.45) is 5.92 Å². The molecule has 0 aliphatic carbocycles. The van der Waals surface area contributed by atoms with Gasteiger partial charge in [0.1, 0.15) is 22.5 Å². The first-order valence-corrected chi connectivity index (χ1v) is 7.42. The van der Waals surface area contributed by atoms with E-state index in [-0.39, 0.29) is 16.4 Å². The minimum Gasteiger partial charge on any atom is -0.481 e. The Morgan fingerprint density at radius 2 is 2.09 bits per heavy atom. The number of aliphatic carboxylic acids is 1. The van der Waals surface area contributed by atoms with Gasteiger partial charge in [-0.05, 0) is 24.3 Å². The van der Waals surface area contributed by atoms with Gasteiger partial charge in [-0.15, -0.1) is 0 Å². The highest BCUT2D eigenvalue weighted by Crippen LogP contribution is 2.30. The number of carbonyl (C=O) groups excluding carboxylic acids is 1. The van der Waals surface area contributed by atoms with Crippen molar-refractivity contribution in [3.63, 3.8) is 0 Å². The Morgan fingerprint density at radius 1 is 1.43 bits per heavy atom. The summed E-state index contributed by atoms with van der Waals surface area (Å²) in [5, 5.41) is 20.6. The van der Waals surface area contributed by atoms with Crippen molar-refractivity contribution in [3.8, 4) is 17.3 Å². The predicted molar refractivity (Wildman–Crippen MR) is 82.3 cm³/mol. The van der Waals surface area contributed by atoms with Crippen molar-refractivity contribution in [2.75, 3.05) is 5.32 Å². The third-order valence-corrected chi connectivity index (χ3v) is 3.88. The van der Waals surface area contributed by atoms with Gasteiger partial charge in [0.25, 0.3) is 0 Å². The highest BCUT2D eigenvalue weighted by atomic mass is 32.1. The second kappa shape index (κ2) is 6.98. The number of aromatic nitrogens is 1. The number of nitrogens with zero attached hydrogens (tertiary/aromatic N) is 2. The van der Waals surface area contributed by atoms with Crippen LogP contribution in [0.2, 0.25) is 0 Å². The minimum atomic E-state index is -1.07. The molecule has 0 fully saturated rings. The number of benzene rings is 1. The number of carboxylic acids is 1. The quantitative estimate of drug-likeness (QED) is 0.875. The van der Waals surface area contributed by atoms with Gasteiger partial charge in [-0.3, -0.25) is 9.59 Å². The number of thiazole rings is 1. The molecule has 2 aromatic rings. The Kier molecular flexibility index (Phi) is 5.03. The van der Waals surface area contributed by atoms with E-state index in [1.54, 1.807) is 0 Å². The number of nitrogens with one attached hydrogen (secondary N) is 1. The fraction of sp³-hybridized carbons (Fsp3) is 0.200. The molecule has 0 saturated heterocycles. The predicted octanol–water partition coefficient (Wildman–Crippen LogP) is 2.87. The van der Waals surface area contributed by atoms with Crippen LogP contribution in [-0.2, 0) is 9.59 Å². The van der Waals surface area contributed by atoms with Crippen molar-refractivity contribution in [3.05, 3.63) is 35.0 Å². The van der Waals surface area contributed by atoms with Gasteiger partial charge in [0.15, 0.2) is 5.13 Å². The SMILES string of the molecule is C[C@@H](CC(=O)O)C(=O)Nc1nc(-c2ccc(F)cc2)c(C#N)s1. The normalized spacial score (nSPS) is 11.5. The van der Waals surface area contributed by atoms with Crippen LogP contribution in [0, 0.1) is 23.1 Å². The molecule has 0 spiro atoms. The monoisotopic (exact) mass is 333 g/mol. The summed E-state index contributed by atoms with van der Waals surface area (Å²) in [6, 6.07) is 7.47. The van der Waals surface area contributed by atoms with Crippen LogP contribution in [0.3, 0.4) is 0 Å². The molecule has 1 amide bonds. The van der Waals surface area contributed by atoms with E-state index >= 15 is 0 Å². The largest absolute Gasteiger partial charge is 0.481 e. The van der Waals surface area contributed by atoms with Gasteiger partial charge in [0.2, 0.25) is 5.91 Å². The first-order valence-electron chi connectivity index (χ1n) is 6.60. The van der Waals surface area contributed by atoms with E-state index < -0.39 is 23.6 Å². The van der Waals surface area contributed by atoms with Crippen LogP contribution in [0.4, 0.5) is 9.52 Å². The van der Waals surface area contributed by atoms with E-state index in [2.05, 4.69) is 10.3 Å². The van der Waals surface area contributed by atoms with Crippen LogP contribution in [0.5, 0.6) is 0 Å². The number of carboxylic acid groups (broad SMARTS) is 1. The number of rotatable bonds is 5. The van der Waals surface area contributed by atoms with Crippen LogP contribution in [0.1, 0.15) is 18.2 Å². The second-order valence-electron chi connectivity index (χ2n) is 4.80. The highest BCUT2D eigenvalue weighted by Gasteiger charge is 2.20. The van der Waals surface area contributed by atoms with Crippen molar-refractivity contribution >= 4 is 28.3 Å². The second-order valence-corrected chi connectivity index (χ2v) is 5.80. The molecule has 1 atom stereocenters. The minimum absolute atomic E-state index is 0.197. The smallest absolute Gasteiger partial charge is 0.304 e. The molecule has 2 N–H and O–H groups in total. The molecule has 1 aromatic heterocycles.